The number of carbonyl (C=O) groups is 1. The lowest BCUT2D eigenvalue weighted by atomic mass is 9.96. The first-order valence-electron chi connectivity index (χ1n) is 10.6. The largest absolute Gasteiger partial charge is 0.350 e. The number of aromatic amines is 1. The number of amides is 1. The van der Waals surface area contributed by atoms with Gasteiger partial charge in [-0.3, -0.25) is 4.79 Å². The fraction of sp³-hybridized carbons (Fsp3) is 0.478. The summed E-state index contributed by atoms with van der Waals surface area (Å²) in [5, 5.41) is 1.16. The van der Waals surface area contributed by atoms with Gasteiger partial charge in [-0.1, -0.05) is 38.5 Å². The number of H-pyrrole nitrogens is 1. The predicted molar refractivity (Wildman–Crippen MR) is 113 cm³/mol. The first-order chi connectivity index (χ1) is 13.7. The van der Waals surface area contributed by atoms with Crippen LogP contribution in [0.2, 0.25) is 0 Å². The van der Waals surface area contributed by atoms with Gasteiger partial charge >= 0.3 is 0 Å². The molecule has 3 heterocycles. The second kappa shape index (κ2) is 8.21. The zero-order valence-electron chi connectivity index (χ0n) is 16.9. The van der Waals surface area contributed by atoms with E-state index in [0.717, 1.165) is 73.3 Å². The molecule has 28 heavy (non-hydrogen) atoms. The van der Waals surface area contributed by atoms with E-state index in [-0.39, 0.29) is 5.91 Å². The molecule has 0 saturated carbocycles. The SMILES string of the molecule is CCCCn1ccnc1C1CCCN(C(=O)c2[nH]c3ccccc3c2CC)C1. The van der Waals surface area contributed by atoms with Crippen molar-refractivity contribution in [1.29, 1.82) is 0 Å². The molecular formula is C23H30N4O. The maximum absolute atomic E-state index is 13.4. The van der Waals surface area contributed by atoms with E-state index in [1.54, 1.807) is 0 Å². The number of piperidine rings is 1. The Morgan fingerprint density at radius 2 is 2.14 bits per heavy atom. The minimum absolute atomic E-state index is 0.129. The van der Waals surface area contributed by atoms with E-state index in [2.05, 4.69) is 46.7 Å². The van der Waals surface area contributed by atoms with Gasteiger partial charge in [0.05, 0.1) is 0 Å². The number of hydrogen-bond donors (Lipinski definition) is 1. The minimum atomic E-state index is 0.129. The maximum Gasteiger partial charge on any atom is 0.270 e. The molecule has 5 nitrogen and oxygen atoms in total. The first kappa shape index (κ1) is 18.8. The van der Waals surface area contributed by atoms with E-state index in [0.29, 0.717) is 5.92 Å². The molecule has 5 heteroatoms. The number of carbonyl (C=O) groups excluding carboxylic acids is 1. The third-order valence-corrected chi connectivity index (χ3v) is 5.96. The van der Waals surface area contributed by atoms with Crippen LogP contribution < -0.4 is 0 Å². The minimum Gasteiger partial charge on any atom is -0.350 e. The van der Waals surface area contributed by atoms with Gasteiger partial charge in [-0.15, -0.1) is 0 Å². The van der Waals surface area contributed by atoms with Gasteiger partial charge < -0.3 is 14.5 Å². The number of nitrogens with one attached hydrogen (secondary N) is 1. The lowest BCUT2D eigenvalue weighted by molar-refractivity contribution is 0.0697. The smallest absolute Gasteiger partial charge is 0.270 e. The molecule has 1 saturated heterocycles. The summed E-state index contributed by atoms with van der Waals surface area (Å²) < 4.78 is 2.28. The van der Waals surface area contributed by atoms with Crippen molar-refractivity contribution in [3.63, 3.8) is 0 Å². The lowest BCUT2D eigenvalue weighted by Crippen LogP contribution is -2.40. The van der Waals surface area contributed by atoms with Gasteiger partial charge in [-0.25, -0.2) is 4.98 Å². The highest BCUT2D eigenvalue weighted by molar-refractivity contribution is 6.01. The second-order valence-electron chi connectivity index (χ2n) is 7.80. The van der Waals surface area contributed by atoms with Gasteiger partial charge in [0.1, 0.15) is 11.5 Å². The number of imidazole rings is 1. The van der Waals surface area contributed by atoms with Gasteiger partial charge in [0.25, 0.3) is 5.91 Å². The molecule has 4 rings (SSSR count). The summed E-state index contributed by atoms with van der Waals surface area (Å²) in [6.45, 7) is 6.92. The standard InChI is InChI=1S/C23H30N4O/c1-3-5-13-26-15-12-24-22(26)17-9-8-14-27(16-17)23(28)21-18(4-2)19-10-6-7-11-20(19)25-21/h6-7,10-12,15,17,25H,3-5,8-9,13-14,16H2,1-2H3. The molecule has 0 spiro atoms. The Morgan fingerprint density at radius 3 is 2.96 bits per heavy atom. The quantitative estimate of drug-likeness (QED) is 0.673. The summed E-state index contributed by atoms with van der Waals surface area (Å²) in [5.41, 5.74) is 2.94. The molecule has 148 valence electrons. The van der Waals surface area contributed by atoms with E-state index in [9.17, 15) is 4.79 Å². The average molecular weight is 379 g/mol. The van der Waals surface area contributed by atoms with E-state index >= 15 is 0 Å². The molecule has 1 aliphatic rings. The predicted octanol–water partition coefficient (Wildman–Crippen LogP) is 4.75. The van der Waals surface area contributed by atoms with Crippen LogP contribution in [0.15, 0.2) is 36.7 Å². The van der Waals surface area contributed by atoms with E-state index in [1.165, 1.54) is 6.42 Å². The summed E-state index contributed by atoms with van der Waals surface area (Å²) in [5.74, 6) is 1.58. The molecule has 1 N–H and O–H groups in total. The molecule has 1 unspecified atom stereocenters. The van der Waals surface area contributed by atoms with E-state index in [1.807, 2.05) is 23.2 Å². The van der Waals surface area contributed by atoms with E-state index in [4.69, 9.17) is 0 Å². The van der Waals surface area contributed by atoms with E-state index < -0.39 is 0 Å². The molecule has 2 aromatic heterocycles. The lowest BCUT2D eigenvalue weighted by Gasteiger charge is -2.32. The van der Waals surface area contributed by atoms with Crippen LogP contribution in [0.5, 0.6) is 0 Å². The fourth-order valence-electron chi connectivity index (χ4n) is 4.48. The molecule has 1 fully saturated rings. The van der Waals surface area contributed by atoms with Crippen molar-refractivity contribution in [3.8, 4) is 0 Å². The van der Waals surface area contributed by atoms with Crippen LogP contribution in [-0.2, 0) is 13.0 Å². The number of fused-ring (bicyclic) bond motifs is 1. The van der Waals surface area contributed by atoms with Crippen LogP contribution in [0, 0.1) is 0 Å². The number of aryl methyl sites for hydroxylation is 2. The number of benzene rings is 1. The van der Waals surface area contributed by atoms with Crippen molar-refractivity contribution < 1.29 is 4.79 Å². The summed E-state index contributed by atoms with van der Waals surface area (Å²) >= 11 is 0. The maximum atomic E-state index is 13.4. The summed E-state index contributed by atoms with van der Waals surface area (Å²) in [6, 6.07) is 8.20. The Morgan fingerprint density at radius 1 is 1.29 bits per heavy atom. The number of hydrogen-bond acceptors (Lipinski definition) is 2. The van der Waals surface area contributed by atoms with Crippen molar-refractivity contribution in [2.45, 2.75) is 58.4 Å². The Bertz CT molecular complexity index is 955. The summed E-state index contributed by atoms with van der Waals surface area (Å²) in [6.07, 6.45) is 9.29. The fourth-order valence-corrected chi connectivity index (χ4v) is 4.48. The molecule has 1 aromatic carbocycles. The number of likely N-dealkylation sites (tertiary alicyclic amines) is 1. The van der Waals surface area contributed by atoms with Crippen LogP contribution in [0.25, 0.3) is 10.9 Å². The Balaban J connectivity index is 1.57. The van der Waals surface area contributed by atoms with Crippen LogP contribution in [0.3, 0.4) is 0 Å². The normalized spacial score (nSPS) is 17.4. The molecule has 1 aliphatic heterocycles. The molecule has 0 radical (unpaired) electrons. The number of unbranched alkanes of at least 4 members (excludes halogenated alkanes) is 1. The highest BCUT2D eigenvalue weighted by Gasteiger charge is 2.29. The summed E-state index contributed by atoms with van der Waals surface area (Å²) in [7, 11) is 0. The van der Waals surface area contributed by atoms with Crippen LogP contribution in [-0.4, -0.2) is 38.4 Å². The van der Waals surface area contributed by atoms with Crippen LogP contribution in [0.1, 0.15) is 67.3 Å². The number of para-hydroxylation sites is 1. The molecule has 3 aromatic rings. The van der Waals surface area contributed by atoms with Gasteiger partial charge in [-0.05, 0) is 37.3 Å². The highest BCUT2D eigenvalue weighted by atomic mass is 16.2. The number of rotatable bonds is 6. The van der Waals surface area contributed by atoms with Crippen molar-refractivity contribution in [1.82, 2.24) is 19.4 Å². The number of nitrogens with zero attached hydrogens (tertiary/aromatic N) is 3. The Labute approximate surface area is 166 Å². The molecular weight excluding hydrogens is 348 g/mol. The molecule has 0 aliphatic carbocycles. The third-order valence-electron chi connectivity index (χ3n) is 5.96. The van der Waals surface area contributed by atoms with Crippen LogP contribution >= 0.6 is 0 Å². The Hall–Kier alpha value is -2.56. The first-order valence-corrected chi connectivity index (χ1v) is 10.6. The number of aromatic nitrogens is 3. The molecule has 0 bridgehead atoms. The summed E-state index contributed by atoms with van der Waals surface area (Å²) in [4.78, 5) is 23.4. The topological polar surface area (TPSA) is 53.9 Å². The monoisotopic (exact) mass is 378 g/mol. The van der Waals surface area contributed by atoms with Crippen molar-refractivity contribution >= 4 is 16.8 Å². The molecule has 1 amide bonds. The van der Waals surface area contributed by atoms with Crippen molar-refractivity contribution in [2.75, 3.05) is 13.1 Å². The van der Waals surface area contributed by atoms with Gasteiger partial charge in [0, 0.05) is 48.8 Å². The van der Waals surface area contributed by atoms with Gasteiger partial charge in [-0.2, -0.15) is 0 Å². The van der Waals surface area contributed by atoms with Crippen molar-refractivity contribution in [2.24, 2.45) is 0 Å². The highest BCUT2D eigenvalue weighted by Crippen LogP contribution is 2.29. The van der Waals surface area contributed by atoms with Crippen molar-refractivity contribution in [3.05, 3.63) is 53.7 Å². The zero-order valence-corrected chi connectivity index (χ0v) is 16.9. The second-order valence-corrected chi connectivity index (χ2v) is 7.80. The zero-order chi connectivity index (χ0) is 19.5. The Kier molecular flexibility index (Phi) is 5.51. The van der Waals surface area contributed by atoms with Gasteiger partial charge in [0.2, 0.25) is 0 Å². The third kappa shape index (κ3) is 3.46. The van der Waals surface area contributed by atoms with Crippen LogP contribution in [0.4, 0.5) is 0 Å². The molecule has 1 atom stereocenters. The average Bonchev–Trinajstić information content (AvgIpc) is 3.36. The van der Waals surface area contributed by atoms with Gasteiger partial charge in [0.15, 0.2) is 0 Å².